The van der Waals surface area contributed by atoms with Gasteiger partial charge in [0.05, 0.1) is 12.3 Å². The van der Waals surface area contributed by atoms with Crippen LogP contribution < -0.4 is 0 Å². The fourth-order valence-corrected chi connectivity index (χ4v) is 4.30. The Morgan fingerprint density at radius 1 is 1.16 bits per heavy atom. The summed E-state index contributed by atoms with van der Waals surface area (Å²) in [4.78, 5) is 20.1. The van der Waals surface area contributed by atoms with E-state index in [1.165, 1.54) is 12.1 Å². The van der Waals surface area contributed by atoms with E-state index >= 15 is 0 Å². The van der Waals surface area contributed by atoms with E-state index in [-0.39, 0.29) is 11.7 Å². The van der Waals surface area contributed by atoms with Gasteiger partial charge in [0.1, 0.15) is 5.82 Å². The lowest BCUT2D eigenvalue weighted by molar-refractivity contribution is -0.126. The number of amides is 1. The van der Waals surface area contributed by atoms with Gasteiger partial charge in [-0.15, -0.1) is 11.3 Å². The second-order valence-corrected chi connectivity index (χ2v) is 8.16. The molecule has 0 unspecified atom stereocenters. The summed E-state index contributed by atoms with van der Waals surface area (Å²) in [5.41, 5.74) is 3.74. The van der Waals surface area contributed by atoms with E-state index in [1.807, 2.05) is 47.0 Å². The largest absolute Gasteiger partial charge is 0.383 e. The van der Waals surface area contributed by atoms with Gasteiger partial charge in [0, 0.05) is 55.5 Å². The highest BCUT2D eigenvalue weighted by atomic mass is 32.1. The standard InChI is InChI=1S/C25H24FN3O2S/c1-31-16-15-28(24(30)12-7-19-5-3-2-4-6-19)14-13-22-18-32-25-27-23(17-29(22)25)20-8-10-21(26)11-9-20/h2-12,17-18H,13-16H2,1H3. The van der Waals surface area contributed by atoms with Crippen molar-refractivity contribution in [3.63, 3.8) is 0 Å². The molecule has 0 saturated carbocycles. The zero-order valence-electron chi connectivity index (χ0n) is 17.8. The fraction of sp³-hybridized carbons (Fsp3) is 0.200. The van der Waals surface area contributed by atoms with Crippen molar-refractivity contribution >= 4 is 28.3 Å². The Morgan fingerprint density at radius 2 is 1.94 bits per heavy atom. The average Bonchev–Trinajstić information content (AvgIpc) is 3.40. The van der Waals surface area contributed by atoms with Crippen LogP contribution >= 0.6 is 11.3 Å². The molecule has 0 aliphatic carbocycles. The van der Waals surface area contributed by atoms with Crippen molar-refractivity contribution in [3.05, 3.63) is 89.3 Å². The van der Waals surface area contributed by atoms with Gasteiger partial charge < -0.3 is 9.64 Å². The van der Waals surface area contributed by atoms with E-state index in [9.17, 15) is 9.18 Å². The van der Waals surface area contributed by atoms with Crippen molar-refractivity contribution in [3.8, 4) is 11.3 Å². The van der Waals surface area contributed by atoms with Crippen LogP contribution in [0.3, 0.4) is 0 Å². The van der Waals surface area contributed by atoms with Gasteiger partial charge in [-0.3, -0.25) is 9.20 Å². The Labute approximate surface area is 190 Å². The second-order valence-electron chi connectivity index (χ2n) is 7.32. The minimum atomic E-state index is -0.266. The van der Waals surface area contributed by atoms with Gasteiger partial charge in [-0.05, 0) is 35.9 Å². The van der Waals surface area contributed by atoms with E-state index in [0.29, 0.717) is 26.1 Å². The van der Waals surface area contributed by atoms with Crippen molar-refractivity contribution in [2.75, 3.05) is 26.8 Å². The lowest BCUT2D eigenvalue weighted by atomic mass is 10.2. The van der Waals surface area contributed by atoms with Gasteiger partial charge >= 0.3 is 0 Å². The van der Waals surface area contributed by atoms with Gasteiger partial charge in [0.15, 0.2) is 4.96 Å². The number of rotatable bonds is 9. The third kappa shape index (κ3) is 5.30. The summed E-state index contributed by atoms with van der Waals surface area (Å²) in [5.74, 6) is -0.312. The third-order valence-electron chi connectivity index (χ3n) is 5.16. The first-order valence-electron chi connectivity index (χ1n) is 10.4. The molecule has 2 heterocycles. The molecular formula is C25H24FN3O2S. The summed E-state index contributed by atoms with van der Waals surface area (Å²) in [5, 5.41) is 2.07. The number of hydrogen-bond acceptors (Lipinski definition) is 4. The van der Waals surface area contributed by atoms with Gasteiger partial charge in [0.2, 0.25) is 5.91 Å². The monoisotopic (exact) mass is 449 g/mol. The van der Waals surface area contributed by atoms with E-state index < -0.39 is 0 Å². The average molecular weight is 450 g/mol. The number of carbonyl (C=O) groups is 1. The molecule has 5 nitrogen and oxygen atoms in total. The molecule has 0 radical (unpaired) electrons. The summed E-state index contributed by atoms with van der Waals surface area (Å²) < 4.78 is 20.5. The molecule has 164 valence electrons. The summed E-state index contributed by atoms with van der Waals surface area (Å²) in [6.07, 6.45) is 6.09. The Balaban J connectivity index is 1.47. The quantitative estimate of drug-likeness (QED) is 0.340. The van der Waals surface area contributed by atoms with Crippen LogP contribution in [0.5, 0.6) is 0 Å². The predicted molar refractivity (Wildman–Crippen MR) is 126 cm³/mol. The van der Waals surface area contributed by atoms with Gasteiger partial charge in [-0.1, -0.05) is 30.3 Å². The van der Waals surface area contributed by atoms with Gasteiger partial charge in [-0.25, -0.2) is 9.37 Å². The number of aromatic nitrogens is 2. The Kier molecular flexibility index (Phi) is 7.09. The van der Waals surface area contributed by atoms with Crippen molar-refractivity contribution in [1.29, 1.82) is 0 Å². The number of methoxy groups -OCH3 is 1. The lowest BCUT2D eigenvalue weighted by Gasteiger charge is -2.20. The number of carbonyl (C=O) groups excluding carboxylic acids is 1. The number of benzene rings is 2. The molecule has 32 heavy (non-hydrogen) atoms. The SMILES string of the molecule is COCCN(CCc1csc2nc(-c3ccc(F)cc3)cn12)C(=O)C=Cc1ccccc1. The highest BCUT2D eigenvalue weighted by molar-refractivity contribution is 7.15. The van der Waals surface area contributed by atoms with E-state index in [0.717, 1.165) is 27.5 Å². The van der Waals surface area contributed by atoms with Crippen LogP contribution in [0.2, 0.25) is 0 Å². The van der Waals surface area contributed by atoms with Crippen LogP contribution in [0, 0.1) is 5.82 Å². The number of hydrogen-bond donors (Lipinski definition) is 0. The highest BCUT2D eigenvalue weighted by Gasteiger charge is 2.14. The zero-order valence-corrected chi connectivity index (χ0v) is 18.6. The molecule has 0 saturated heterocycles. The lowest BCUT2D eigenvalue weighted by Crippen LogP contribution is -2.34. The number of fused-ring (bicyclic) bond motifs is 1. The Bertz CT molecular complexity index is 1200. The highest BCUT2D eigenvalue weighted by Crippen LogP contribution is 2.24. The van der Waals surface area contributed by atoms with Crippen LogP contribution in [0.25, 0.3) is 22.3 Å². The number of ether oxygens (including phenoxy) is 1. The smallest absolute Gasteiger partial charge is 0.246 e. The molecular weight excluding hydrogens is 425 g/mol. The van der Waals surface area contributed by atoms with Crippen molar-refractivity contribution in [1.82, 2.24) is 14.3 Å². The van der Waals surface area contributed by atoms with E-state index in [2.05, 4.69) is 10.4 Å². The molecule has 4 rings (SSSR count). The second kappa shape index (κ2) is 10.3. The summed E-state index contributed by atoms with van der Waals surface area (Å²) in [7, 11) is 1.63. The predicted octanol–water partition coefficient (Wildman–Crippen LogP) is 4.93. The number of halogens is 1. The molecule has 0 aliphatic rings. The molecule has 1 amide bonds. The van der Waals surface area contributed by atoms with Crippen LogP contribution in [-0.2, 0) is 16.0 Å². The first-order valence-corrected chi connectivity index (χ1v) is 11.2. The van der Waals surface area contributed by atoms with Crippen molar-refractivity contribution < 1.29 is 13.9 Å². The fourth-order valence-electron chi connectivity index (χ4n) is 3.39. The number of nitrogens with zero attached hydrogens (tertiary/aromatic N) is 3. The van der Waals surface area contributed by atoms with Crippen LogP contribution in [0.1, 0.15) is 11.3 Å². The maximum absolute atomic E-state index is 13.2. The third-order valence-corrected chi connectivity index (χ3v) is 6.04. The topological polar surface area (TPSA) is 46.8 Å². The summed E-state index contributed by atoms with van der Waals surface area (Å²) in [6.45, 7) is 1.56. The number of thiazole rings is 1. The van der Waals surface area contributed by atoms with Crippen molar-refractivity contribution in [2.45, 2.75) is 6.42 Å². The Hall–Kier alpha value is -3.29. The minimum Gasteiger partial charge on any atom is -0.383 e. The summed E-state index contributed by atoms with van der Waals surface area (Å²) in [6, 6.07) is 16.1. The molecule has 0 fully saturated rings. The molecule has 0 spiro atoms. The van der Waals surface area contributed by atoms with Gasteiger partial charge in [-0.2, -0.15) is 0 Å². The molecule has 0 bridgehead atoms. The summed E-state index contributed by atoms with van der Waals surface area (Å²) >= 11 is 1.55. The normalized spacial score (nSPS) is 11.4. The minimum absolute atomic E-state index is 0.0463. The van der Waals surface area contributed by atoms with Crippen LogP contribution in [0.4, 0.5) is 4.39 Å². The zero-order chi connectivity index (χ0) is 22.3. The van der Waals surface area contributed by atoms with Gasteiger partial charge in [0.25, 0.3) is 0 Å². The number of imidazole rings is 1. The molecule has 0 atom stereocenters. The molecule has 2 aromatic carbocycles. The molecule has 4 aromatic rings. The van der Waals surface area contributed by atoms with Crippen LogP contribution in [0.15, 0.2) is 72.3 Å². The molecule has 0 N–H and O–H groups in total. The molecule has 2 aromatic heterocycles. The maximum Gasteiger partial charge on any atom is 0.246 e. The molecule has 7 heteroatoms. The van der Waals surface area contributed by atoms with E-state index in [1.54, 1.807) is 41.6 Å². The molecule has 0 aliphatic heterocycles. The first kappa shape index (κ1) is 21.9. The maximum atomic E-state index is 13.2. The first-order chi connectivity index (χ1) is 15.6. The van der Waals surface area contributed by atoms with E-state index in [4.69, 9.17) is 4.74 Å². The van der Waals surface area contributed by atoms with Crippen molar-refractivity contribution in [2.24, 2.45) is 0 Å². The Morgan fingerprint density at radius 3 is 2.69 bits per heavy atom. The van der Waals surface area contributed by atoms with Crippen LogP contribution in [-0.4, -0.2) is 47.0 Å².